The van der Waals surface area contributed by atoms with Gasteiger partial charge >= 0.3 is 5.97 Å². The number of nitrogens with zero attached hydrogens (tertiary/aromatic N) is 1. The third-order valence-electron chi connectivity index (χ3n) is 7.39. The van der Waals surface area contributed by atoms with Crippen molar-refractivity contribution in [1.82, 2.24) is 20.9 Å². The van der Waals surface area contributed by atoms with E-state index < -0.39 is 47.9 Å². The standard InChI is InChI=1S/C29H47N9O5/c1-3-17(2)24(28(42)43)38-26(40)22(12-8-14-34-29(32)33)36-27(41)23(37-25(39)20(31)10-6-7-13-30)15-18-16-35-21-11-5-4-9-19(18)21/h4-5,9,11,16-17,20,22-24,35H,3,6-8,10,12-15,30-31H2,1-2H3,(H,36,41)(H,37,39)(H,38,40)(H,42,43)(H4,32,33,34). The van der Waals surface area contributed by atoms with E-state index in [9.17, 15) is 24.3 Å². The van der Waals surface area contributed by atoms with Gasteiger partial charge in [0.2, 0.25) is 17.7 Å². The number of para-hydroxylation sites is 1. The van der Waals surface area contributed by atoms with Gasteiger partial charge in [-0.1, -0.05) is 44.9 Å². The van der Waals surface area contributed by atoms with Gasteiger partial charge in [0.25, 0.3) is 0 Å². The molecule has 0 bridgehead atoms. The smallest absolute Gasteiger partial charge is 0.326 e. The Kier molecular flexibility index (Phi) is 14.4. The second-order valence-electron chi connectivity index (χ2n) is 10.7. The maximum Gasteiger partial charge on any atom is 0.326 e. The molecule has 0 radical (unpaired) electrons. The minimum Gasteiger partial charge on any atom is -0.480 e. The number of aromatic nitrogens is 1. The first kappa shape index (κ1) is 35.0. The minimum absolute atomic E-state index is 0.114. The number of nitrogens with one attached hydrogen (secondary N) is 4. The van der Waals surface area contributed by atoms with E-state index in [0.29, 0.717) is 38.6 Å². The van der Waals surface area contributed by atoms with Gasteiger partial charge < -0.3 is 49.0 Å². The summed E-state index contributed by atoms with van der Waals surface area (Å²) in [7, 11) is 0. The molecule has 0 saturated carbocycles. The highest BCUT2D eigenvalue weighted by Crippen LogP contribution is 2.19. The van der Waals surface area contributed by atoms with Gasteiger partial charge in [-0.15, -0.1) is 0 Å². The summed E-state index contributed by atoms with van der Waals surface area (Å²) >= 11 is 0. The Hall–Kier alpha value is -4.17. The topological polar surface area (TPSA) is 257 Å². The molecule has 2 rings (SSSR count). The molecule has 0 fully saturated rings. The summed E-state index contributed by atoms with van der Waals surface area (Å²) in [4.78, 5) is 59.0. The van der Waals surface area contributed by atoms with Gasteiger partial charge in [-0.05, 0) is 49.8 Å². The molecule has 43 heavy (non-hydrogen) atoms. The zero-order valence-electron chi connectivity index (χ0n) is 25.0. The maximum atomic E-state index is 13.7. The molecule has 2 aromatic rings. The van der Waals surface area contributed by atoms with E-state index in [0.717, 1.165) is 16.5 Å². The molecule has 14 nitrogen and oxygen atoms in total. The Morgan fingerprint density at radius 2 is 1.63 bits per heavy atom. The molecule has 0 saturated heterocycles. The van der Waals surface area contributed by atoms with Crippen LogP contribution in [0.3, 0.4) is 0 Å². The number of unbranched alkanes of at least 4 members (excludes halogenated alkanes) is 1. The summed E-state index contributed by atoms with van der Waals surface area (Å²) in [6.07, 6.45) is 4.60. The van der Waals surface area contributed by atoms with Gasteiger partial charge in [0.1, 0.15) is 18.1 Å². The molecule has 14 heteroatoms. The number of aromatic amines is 1. The van der Waals surface area contributed by atoms with Crippen LogP contribution >= 0.6 is 0 Å². The lowest BCUT2D eigenvalue weighted by molar-refractivity contribution is -0.144. The van der Waals surface area contributed by atoms with Crippen LogP contribution in [0.2, 0.25) is 0 Å². The average molecular weight is 602 g/mol. The van der Waals surface area contributed by atoms with E-state index in [-0.39, 0.29) is 31.3 Å². The Labute approximate surface area is 251 Å². The molecule has 3 amide bonds. The number of guanidine groups is 1. The Morgan fingerprint density at radius 1 is 0.953 bits per heavy atom. The number of carboxylic acid groups (broad SMARTS) is 1. The fourth-order valence-electron chi connectivity index (χ4n) is 4.63. The lowest BCUT2D eigenvalue weighted by Gasteiger charge is -2.26. The number of carbonyl (C=O) groups is 4. The van der Waals surface area contributed by atoms with Crippen molar-refractivity contribution in [2.24, 2.45) is 33.8 Å². The van der Waals surface area contributed by atoms with Crippen LogP contribution in [0, 0.1) is 5.92 Å². The van der Waals surface area contributed by atoms with Crippen molar-refractivity contribution in [3.05, 3.63) is 36.0 Å². The third kappa shape index (κ3) is 11.2. The number of carboxylic acids is 1. The van der Waals surface area contributed by atoms with Gasteiger partial charge in [0, 0.05) is 30.1 Å². The monoisotopic (exact) mass is 601 g/mol. The number of fused-ring (bicyclic) bond motifs is 1. The van der Waals surface area contributed by atoms with E-state index in [1.165, 1.54) is 0 Å². The van der Waals surface area contributed by atoms with E-state index in [1.54, 1.807) is 13.1 Å². The molecule has 1 aromatic heterocycles. The average Bonchev–Trinajstić information content (AvgIpc) is 3.38. The van der Waals surface area contributed by atoms with Crippen LogP contribution < -0.4 is 38.9 Å². The van der Waals surface area contributed by atoms with Crippen molar-refractivity contribution in [3.63, 3.8) is 0 Å². The fraction of sp³-hybridized carbons (Fsp3) is 0.552. The molecule has 1 heterocycles. The summed E-state index contributed by atoms with van der Waals surface area (Å²) in [6, 6.07) is 3.35. The van der Waals surface area contributed by atoms with Crippen molar-refractivity contribution < 1.29 is 24.3 Å². The molecule has 0 aliphatic heterocycles. The van der Waals surface area contributed by atoms with Crippen LogP contribution in [0.25, 0.3) is 10.9 Å². The van der Waals surface area contributed by atoms with Crippen LogP contribution in [0.4, 0.5) is 0 Å². The second kappa shape index (κ2) is 17.7. The lowest BCUT2D eigenvalue weighted by Crippen LogP contribution is -2.58. The first-order valence-corrected chi connectivity index (χ1v) is 14.7. The molecule has 0 spiro atoms. The molecule has 5 unspecified atom stereocenters. The zero-order chi connectivity index (χ0) is 31.9. The number of aliphatic carboxylic acids is 1. The number of amides is 3. The Bertz CT molecular complexity index is 1240. The van der Waals surface area contributed by atoms with Crippen LogP contribution in [0.5, 0.6) is 0 Å². The van der Waals surface area contributed by atoms with Crippen molar-refractivity contribution in [1.29, 1.82) is 0 Å². The summed E-state index contributed by atoms with van der Waals surface area (Å²) in [5, 5.41) is 18.6. The number of benzene rings is 1. The van der Waals surface area contributed by atoms with Crippen LogP contribution in [-0.2, 0) is 25.6 Å². The van der Waals surface area contributed by atoms with E-state index in [2.05, 4.69) is 25.9 Å². The summed E-state index contributed by atoms with van der Waals surface area (Å²) < 4.78 is 0. The maximum absolute atomic E-state index is 13.7. The molecule has 0 aliphatic rings. The number of hydrogen-bond donors (Lipinski definition) is 9. The number of aliphatic imine (C=N–C) groups is 1. The highest BCUT2D eigenvalue weighted by molar-refractivity contribution is 5.95. The summed E-state index contributed by atoms with van der Waals surface area (Å²) in [6.45, 7) is 4.21. The summed E-state index contributed by atoms with van der Waals surface area (Å²) in [5.74, 6) is -3.44. The second-order valence-corrected chi connectivity index (χ2v) is 10.7. The van der Waals surface area contributed by atoms with Gasteiger partial charge in [0.15, 0.2) is 5.96 Å². The fourth-order valence-corrected chi connectivity index (χ4v) is 4.63. The Balaban J connectivity index is 2.32. The van der Waals surface area contributed by atoms with Crippen molar-refractivity contribution >= 4 is 40.6 Å². The molecule has 13 N–H and O–H groups in total. The summed E-state index contributed by atoms with van der Waals surface area (Å²) in [5.41, 5.74) is 24.1. The third-order valence-corrected chi connectivity index (χ3v) is 7.39. The molecule has 238 valence electrons. The molecule has 1 aromatic carbocycles. The minimum atomic E-state index is -1.18. The Morgan fingerprint density at radius 3 is 2.28 bits per heavy atom. The normalized spacial score (nSPS) is 14.6. The van der Waals surface area contributed by atoms with Crippen molar-refractivity contribution in [2.45, 2.75) is 83.0 Å². The predicted molar refractivity (Wildman–Crippen MR) is 166 cm³/mol. The van der Waals surface area contributed by atoms with Crippen molar-refractivity contribution in [3.8, 4) is 0 Å². The molecular formula is C29H47N9O5. The first-order chi connectivity index (χ1) is 20.5. The molecule has 0 aliphatic carbocycles. The zero-order valence-corrected chi connectivity index (χ0v) is 25.0. The predicted octanol–water partition coefficient (Wildman–Crippen LogP) is -0.195. The number of H-pyrrole nitrogens is 1. The molecule has 5 atom stereocenters. The van der Waals surface area contributed by atoms with Crippen LogP contribution in [0.15, 0.2) is 35.5 Å². The number of carbonyl (C=O) groups excluding carboxylic acids is 3. The first-order valence-electron chi connectivity index (χ1n) is 14.7. The van der Waals surface area contributed by atoms with Gasteiger partial charge in [0.05, 0.1) is 6.04 Å². The van der Waals surface area contributed by atoms with Crippen LogP contribution in [-0.4, -0.2) is 77.0 Å². The number of rotatable bonds is 19. The quantitative estimate of drug-likeness (QED) is 0.0586. The van der Waals surface area contributed by atoms with E-state index in [1.807, 2.05) is 31.2 Å². The number of nitrogens with two attached hydrogens (primary N) is 4. The van der Waals surface area contributed by atoms with Crippen LogP contribution in [0.1, 0.15) is 57.9 Å². The van der Waals surface area contributed by atoms with Gasteiger partial charge in [-0.3, -0.25) is 19.4 Å². The lowest BCUT2D eigenvalue weighted by atomic mass is 9.98. The molecular weight excluding hydrogens is 554 g/mol. The highest BCUT2D eigenvalue weighted by Gasteiger charge is 2.32. The number of hydrogen-bond acceptors (Lipinski definition) is 7. The van der Waals surface area contributed by atoms with E-state index in [4.69, 9.17) is 22.9 Å². The largest absolute Gasteiger partial charge is 0.480 e. The van der Waals surface area contributed by atoms with Gasteiger partial charge in [-0.2, -0.15) is 0 Å². The van der Waals surface area contributed by atoms with E-state index >= 15 is 0 Å². The van der Waals surface area contributed by atoms with Gasteiger partial charge in [-0.25, -0.2) is 4.79 Å². The highest BCUT2D eigenvalue weighted by atomic mass is 16.4. The SMILES string of the molecule is CCC(C)C(NC(=O)C(CCCN=C(N)N)NC(=O)C(Cc1c[nH]c2ccccc12)NC(=O)C(N)CCCCN)C(=O)O. The van der Waals surface area contributed by atoms with Crippen molar-refractivity contribution in [2.75, 3.05) is 13.1 Å².